The molecule has 0 aliphatic carbocycles. The van der Waals surface area contributed by atoms with Crippen LogP contribution in [0.5, 0.6) is 0 Å². The molecule has 13 heavy (non-hydrogen) atoms. The number of rotatable bonds is 8. The molecule has 0 aromatic heterocycles. The molecule has 0 spiro atoms. The highest BCUT2D eigenvalue weighted by molar-refractivity contribution is 5.79. The molecule has 0 fully saturated rings. The lowest BCUT2D eigenvalue weighted by Gasteiger charge is -2.12. The molecule has 4 heteroatoms. The summed E-state index contributed by atoms with van der Waals surface area (Å²) in [4.78, 5) is 10.8. The highest BCUT2D eigenvalue weighted by Crippen LogP contribution is 1.92. The Bertz CT molecular complexity index is 140. The number of carbonyl (C=O) groups excluding carboxylic acids is 1. The molecule has 0 rings (SSSR count). The van der Waals surface area contributed by atoms with Gasteiger partial charge in [0.2, 0.25) is 5.91 Å². The number of amides is 1. The van der Waals surface area contributed by atoms with Crippen LogP contribution in [0.3, 0.4) is 0 Å². The molecule has 1 unspecified atom stereocenters. The fraction of sp³-hybridized carbons (Fsp3) is 0.889. The minimum Gasteiger partial charge on any atom is -0.385 e. The molecule has 4 nitrogen and oxygen atoms in total. The number of hydrogen-bond donors (Lipinski definition) is 2. The van der Waals surface area contributed by atoms with Gasteiger partial charge in [0.05, 0.1) is 6.04 Å². The summed E-state index contributed by atoms with van der Waals surface area (Å²) in [5.41, 5.74) is 5.16. The van der Waals surface area contributed by atoms with Gasteiger partial charge in [-0.2, -0.15) is 0 Å². The lowest BCUT2D eigenvalue weighted by molar-refractivity contribution is -0.120. The Hall–Kier alpha value is -0.610. The lowest BCUT2D eigenvalue weighted by atomic mass is 10.2. The zero-order valence-electron chi connectivity index (χ0n) is 8.51. The van der Waals surface area contributed by atoms with E-state index in [1.54, 1.807) is 7.11 Å². The summed E-state index contributed by atoms with van der Waals surface area (Å²) >= 11 is 0. The zero-order valence-corrected chi connectivity index (χ0v) is 8.51. The molecule has 0 aliphatic heterocycles. The molecule has 3 N–H and O–H groups in total. The minimum atomic E-state index is -0.269. The van der Waals surface area contributed by atoms with Gasteiger partial charge < -0.3 is 15.8 Å². The van der Waals surface area contributed by atoms with Crippen LogP contribution in [-0.4, -0.2) is 32.2 Å². The average molecular weight is 188 g/mol. The van der Waals surface area contributed by atoms with E-state index >= 15 is 0 Å². The molecule has 0 aromatic rings. The van der Waals surface area contributed by atoms with Crippen molar-refractivity contribution in [2.45, 2.75) is 32.2 Å². The first-order valence-electron chi connectivity index (χ1n) is 4.74. The van der Waals surface area contributed by atoms with Gasteiger partial charge >= 0.3 is 0 Å². The second kappa shape index (κ2) is 8.01. The molecular weight excluding hydrogens is 168 g/mol. The van der Waals surface area contributed by atoms with Gasteiger partial charge in [-0.25, -0.2) is 0 Å². The third kappa shape index (κ3) is 6.54. The van der Waals surface area contributed by atoms with E-state index in [-0.39, 0.29) is 11.9 Å². The quantitative estimate of drug-likeness (QED) is 0.537. The first kappa shape index (κ1) is 12.4. The van der Waals surface area contributed by atoms with Crippen molar-refractivity contribution in [1.29, 1.82) is 0 Å². The maximum atomic E-state index is 10.8. The molecule has 0 saturated heterocycles. The third-order valence-corrected chi connectivity index (χ3v) is 1.92. The summed E-state index contributed by atoms with van der Waals surface area (Å²) in [5, 5.41) is 3.10. The van der Waals surface area contributed by atoms with Gasteiger partial charge in [0.15, 0.2) is 0 Å². The van der Waals surface area contributed by atoms with E-state index in [9.17, 15) is 4.79 Å². The van der Waals surface area contributed by atoms with Crippen molar-refractivity contribution in [1.82, 2.24) is 5.32 Å². The van der Waals surface area contributed by atoms with Crippen LogP contribution >= 0.6 is 0 Å². The third-order valence-electron chi connectivity index (χ3n) is 1.92. The van der Waals surface area contributed by atoms with Crippen LogP contribution in [-0.2, 0) is 9.53 Å². The Morgan fingerprint density at radius 2 is 2.23 bits per heavy atom. The van der Waals surface area contributed by atoms with E-state index in [1.165, 1.54) is 0 Å². The van der Waals surface area contributed by atoms with Gasteiger partial charge in [0.25, 0.3) is 0 Å². The second-order valence-corrected chi connectivity index (χ2v) is 3.02. The summed E-state index contributed by atoms with van der Waals surface area (Å²) in [6, 6.07) is -0.178. The van der Waals surface area contributed by atoms with Crippen LogP contribution < -0.4 is 11.1 Å². The number of nitrogens with one attached hydrogen (secondary N) is 1. The van der Waals surface area contributed by atoms with Gasteiger partial charge in [0, 0.05) is 13.7 Å². The molecular formula is C9H20N2O2. The largest absolute Gasteiger partial charge is 0.385 e. The van der Waals surface area contributed by atoms with Crippen LogP contribution in [0, 0.1) is 0 Å². The Kier molecular flexibility index (Phi) is 7.63. The smallest absolute Gasteiger partial charge is 0.234 e. The standard InChI is InChI=1S/C9H20N2O2/c1-3-8(9(10)12)11-6-4-5-7-13-2/h8,11H,3-7H2,1-2H3,(H2,10,12). The van der Waals surface area contributed by atoms with Crippen LogP contribution in [0.4, 0.5) is 0 Å². The van der Waals surface area contributed by atoms with Crippen molar-refractivity contribution >= 4 is 5.91 Å². The fourth-order valence-electron chi connectivity index (χ4n) is 1.09. The molecule has 0 aliphatic rings. The van der Waals surface area contributed by atoms with E-state index in [2.05, 4.69) is 5.32 Å². The van der Waals surface area contributed by atoms with Crippen molar-refractivity contribution in [3.05, 3.63) is 0 Å². The van der Waals surface area contributed by atoms with Crippen LogP contribution in [0.1, 0.15) is 26.2 Å². The van der Waals surface area contributed by atoms with Gasteiger partial charge in [-0.3, -0.25) is 4.79 Å². The summed E-state index contributed by atoms with van der Waals surface area (Å²) in [7, 11) is 1.69. The highest BCUT2D eigenvalue weighted by atomic mass is 16.5. The van der Waals surface area contributed by atoms with Crippen molar-refractivity contribution in [2.24, 2.45) is 5.73 Å². The summed E-state index contributed by atoms with van der Waals surface area (Å²) in [6.07, 6.45) is 2.77. The summed E-state index contributed by atoms with van der Waals surface area (Å²) in [5.74, 6) is -0.269. The lowest BCUT2D eigenvalue weighted by Crippen LogP contribution is -2.41. The van der Waals surface area contributed by atoms with E-state index in [0.29, 0.717) is 0 Å². The van der Waals surface area contributed by atoms with Crippen LogP contribution in [0.15, 0.2) is 0 Å². The molecule has 78 valence electrons. The monoisotopic (exact) mass is 188 g/mol. The maximum absolute atomic E-state index is 10.8. The topological polar surface area (TPSA) is 64.3 Å². The predicted molar refractivity (Wildman–Crippen MR) is 52.4 cm³/mol. The molecule has 0 bridgehead atoms. The molecule has 0 saturated carbocycles. The Labute approximate surface area is 79.8 Å². The van der Waals surface area contributed by atoms with Crippen molar-refractivity contribution < 1.29 is 9.53 Å². The second-order valence-electron chi connectivity index (χ2n) is 3.02. The van der Waals surface area contributed by atoms with Crippen molar-refractivity contribution in [2.75, 3.05) is 20.3 Å². The SMILES string of the molecule is CCC(NCCCCOC)C(N)=O. The maximum Gasteiger partial charge on any atom is 0.234 e. The molecule has 0 heterocycles. The highest BCUT2D eigenvalue weighted by Gasteiger charge is 2.10. The van der Waals surface area contributed by atoms with E-state index < -0.39 is 0 Å². The zero-order chi connectivity index (χ0) is 10.1. The summed E-state index contributed by atoms with van der Waals surface area (Å²) in [6.45, 7) is 3.54. The Morgan fingerprint density at radius 1 is 1.54 bits per heavy atom. The van der Waals surface area contributed by atoms with Gasteiger partial charge in [-0.15, -0.1) is 0 Å². The van der Waals surface area contributed by atoms with Gasteiger partial charge in [-0.1, -0.05) is 6.92 Å². The molecule has 0 radical (unpaired) electrons. The molecule has 1 atom stereocenters. The first-order chi connectivity index (χ1) is 6.22. The first-order valence-corrected chi connectivity index (χ1v) is 4.74. The number of hydrogen-bond acceptors (Lipinski definition) is 3. The number of nitrogens with two attached hydrogens (primary N) is 1. The van der Waals surface area contributed by atoms with E-state index in [4.69, 9.17) is 10.5 Å². The number of ether oxygens (including phenoxy) is 1. The van der Waals surface area contributed by atoms with Gasteiger partial charge in [0.1, 0.15) is 0 Å². The predicted octanol–water partition coefficient (Wildman–Crippen LogP) is 0.267. The molecule has 0 aromatic carbocycles. The summed E-state index contributed by atoms with van der Waals surface area (Å²) < 4.78 is 4.90. The number of unbranched alkanes of at least 4 members (excludes halogenated alkanes) is 1. The van der Waals surface area contributed by atoms with Gasteiger partial charge in [-0.05, 0) is 25.8 Å². The number of primary amides is 1. The average Bonchev–Trinajstić information content (AvgIpc) is 2.10. The van der Waals surface area contributed by atoms with E-state index in [1.807, 2.05) is 6.92 Å². The number of methoxy groups -OCH3 is 1. The van der Waals surface area contributed by atoms with Crippen molar-refractivity contribution in [3.8, 4) is 0 Å². The minimum absolute atomic E-state index is 0.178. The van der Waals surface area contributed by atoms with E-state index in [0.717, 1.165) is 32.4 Å². The normalized spacial score (nSPS) is 12.8. The Balaban J connectivity index is 3.33. The van der Waals surface area contributed by atoms with Crippen molar-refractivity contribution in [3.63, 3.8) is 0 Å². The molecule has 1 amide bonds. The number of carbonyl (C=O) groups is 1. The Morgan fingerprint density at radius 3 is 2.69 bits per heavy atom. The fourth-order valence-corrected chi connectivity index (χ4v) is 1.09. The van der Waals surface area contributed by atoms with Crippen LogP contribution in [0.25, 0.3) is 0 Å². The van der Waals surface area contributed by atoms with Crippen LogP contribution in [0.2, 0.25) is 0 Å².